The third-order valence-electron chi connectivity index (χ3n) is 4.43. The lowest BCUT2D eigenvalue weighted by atomic mass is 10.1. The minimum absolute atomic E-state index is 0.0675. The zero-order valence-corrected chi connectivity index (χ0v) is 15.7. The summed E-state index contributed by atoms with van der Waals surface area (Å²) in [4.78, 5) is 26.3. The molecule has 8 heteroatoms. The van der Waals surface area contributed by atoms with Crippen molar-refractivity contribution in [3.63, 3.8) is 0 Å². The van der Waals surface area contributed by atoms with Gasteiger partial charge < -0.3 is 15.4 Å². The fourth-order valence-electron chi connectivity index (χ4n) is 3.11. The Morgan fingerprint density at radius 1 is 1.38 bits per heavy atom. The number of halogens is 1. The van der Waals surface area contributed by atoms with Gasteiger partial charge in [0, 0.05) is 43.8 Å². The summed E-state index contributed by atoms with van der Waals surface area (Å²) >= 11 is 6.28. The van der Waals surface area contributed by atoms with Crippen LogP contribution in [0.3, 0.4) is 0 Å². The molecule has 1 fully saturated rings. The summed E-state index contributed by atoms with van der Waals surface area (Å²) in [5, 5.41) is 0.532. The van der Waals surface area contributed by atoms with E-state index in [2.05, 4.69) is 26.8 Å². The van der Waals surface area contributed by atoms with E-state index in [1.165, 1.54) is 6.20 Å². The average Bonchev–Trinajstić information content (AvgIpc) is 2.62. The van der Waals surface area contributed by atoms with Gasteiger partial charge in [-0.3, -0.25) is 9.78 Å². The van der Waals surface area contributed by atoms with Crippen LogP contribution < -0.4 is 15.4 Å². The fourth-order valence-corrected chi connectivity index (χ4v) is 3.45. The van der Waals surface area contributed by atoms with Crippen LogP contribution in [-0.4, -0.2) is 40.1 Å². The Hall–Kier alpha value is -2.41. The first-order chi connectivity index (χ1) is 12.5. The van der Waals surface area contributed by atoms with Crippen LogP contribution in [0.4, 0.5) is 5.82 Å². The van der Waals surface area contributed by atoms with Crippen LogP contribution in [0.5, 0.6) is 5.75 Å². The summed E-state index contributed by atoms with van der Waals surface area (Å²) < 4.78 is 6.00. The van der Waals surface area contributed by atoms with Crippen LogP contribution in [0, 0.1) is 6.92 Å². The maximum Gasteiger partial charge on any atom is 0.267 e. The predicted molar refractivity (Wildman–Crippen MR) is 99.8 cm³/mol. The van der Waals surface area contributed by atoms with Gasteiger partial charge in [0.2, 0.25) is 0 Å². The van der Waals surface area contributed by atoms with Crippen molar-refractivity contribution in [3.05, 3.63) is 40.6 Å². The minimum Gasteiger partial charge on any atom is -0.490 e. The predicted octanol–water partition coefficient (Wildman–Crippen LogP) is 2.54. The lowest BCUT2D eigenvalue weighted by molar-refractivity contribution is 0.0994. The van der Waals surface area contributed by atoms with Gasteiger partial charge in [-0.1, -0.05) is 18.5 Å². The first kappa shape index (κ1) is 18.4. The molecule has 3 heterocycles. The number of anilines is 1. The molecule has 3 rings (SSSR count). The number of hydrogen-bond acceptors (Lipinski definition) is 6. The van der Waals surface area contributed by atoms with Gasteiger partial charge in [-0.05, 0) is 19.4 Å². The van der Waals surface area contributed by atoms with E-state index < -0.39 is 5.91 Å². The standard InChI is InChI=1S/C18H22ClN5O2/c1-3-14-16(19)22-11(2)23-18(14)24-8-5-12(6-9-24)26-13-4-7-21-15(10-13)17(20)25/h4,7,10,12H,3,5-6,8-9H2,1-2H3,(H2,20,25). The molecule has 0 radical (unpaired) electrons. The average molecular weight is 376 g/mol. The van der Waals surface area contributed by atoms with Crippen LogP contribution in [0.25, 0.3) is 0 Å². The Kier molecular flexibility index (Phi) is 5.56. The van der Waals surface area contributed by atoms with Crippen molar-refractivity contribution >= 4 is 23.3 Å². The number of rotatable bonds is 5. The van der Waals surface area contributed by atoms with Gasteiger partial charge in [-0.15, -0.1) is 0 Å². The van der Waals surface area contributed by atoms with Gasteiger partial charge in [-0.25, -0.2) is 9.97 Å². The molecular weight excluding hydrogens is 354 g/mol. The first-order valence-electron chi connectivity index (χ1n) is 8.68. The number of aryl methyl sites for hydroxylation is 1. The van der Waals surface area contributed by atoms with Crippen LogP contribution in [0.1, 0.15) is 41.6 Å². The van der Waals surface area contributed by atoms with Crippen LogP contribution >= 0.6 is 11.6 Å². The summed E-state index contributed by atoms with van der Waals surface area (Å²) in [5.41, 5.74) is 6.45. The van der Waals surface area contributed by atoms with Crippen molar-refractivity contribution in [1.82, 2.24) is 15.0 Å². The van der Waals surface area contributed by atoms with Crippen molar-refractivity contribution < 1.29 is 9.53 Å². The Morgan fingerprint density at radius 2 is 2.12 bits per heavy atom. The smallest absolute Gasteiger partial charge is 0.267 e. The van der Waals surface area contributed by atoms with E-state index in [-0.39, 0.29) is 11.8 Å². The van der Waals surface area contributed by atoms with Gasteiger partial charge in [0.05, 0.1) is 0 Å². The molecule has 2 aromatic rings. The molecule has 1 amide bonds. The number of primary amides is 1. The highest BCUT2D eigenvalue weighted by atomic mass is 35.5. The number of nitrogens with two attached hydrogens (primary N) is 1. The van der Waals surface area contributed by atoms with Crippen molar-refractivity contribution in [2.45, 2.75) is 39.2 Å². The zero-order valence-electron chi connectivity index (χ0n) is 14.9. The maximum absolute atomic E-state index is 11.2. The molecule has 138 valence electrons. The molecule has 0 atom stereocenters. The van der Waals surface area contributed by atoms with Crippen molar-refractivity contribution in [2.24, 2.45) is 5.73 Å². The number of ether oxygens (including phenoxy) is 1. The quantitative estimate of drug-likeness (QED) is 0.807. The van der Waals surface area contributed by atoms with E-state index in [0.29, 0.717) is 16.7 Å². The third-order valence-corrected chi connectivity index (χ3v) is 4.74. The summed E-state index contributed by atoms with van der Waals surface area (Å²) in [6.07, 6.45) is 4.08. The lowest BCUT2D eigenvalue weighted by Crippen LogP contribution is -2.39. The minimum atomic E-state index is -0.562. The zero-order chi connectivity index (χ0) is 18.7. The van der Waals surface area contributed by atoms with Crippen LogP contribution in [0.2, 0.25) is 5.15 Å². The molecule has 0 aromatic carbocycles. The molecule has 0 unspecified atom stereocenters. The van der Waals surface area contributed by atoms with E-state index in [9.17, 15) is 4.79 Å². The second-order valence-electron chi connectivity index (χ2n) is 6.26. The van der Waals surface area contributed by atoms with Crippen LogP contribution in [0.15, 0.2) is 18.3 Å². The SMILES string of the molecule is CCc1c(Cl)nc(C)nc1N1CCC(Oc2ccnc(C(N)=O)c2)CC1. The van der Waals surface area contributed by atoms with E-state index in [1.807, 2.05) is 6.92 Å². The maximum atomic E-state index is 11.2. The van der Waals surface area contributed by atoms with Gasteiger partial charge in [0.1, 0.15) is 34.3 Å². The number of pyridine rings is 1. The number of nitrogens with zero attached hydrogens (tertiary/aromatic N) is 4. The Morgan fingerprint density at radius 3 is 2.77 bits per heavy atom. The van der Waals surface area contributed by atoms with Crippen molar-refractivity contribution in [1.29, 1.82) is 0 Å². The van der Waals surface area contributed by atoms with E-state index in [0.717, 1.165) is 43.7 Å². The molecule has 26 heavy (non-hydrogen) atoms. The summed E-state index contributed by atoms with van der Waals surface area (Å²) in [6.45, 7) is 5.54. The highest BCUT2D eigenvalue weighted by molar-refractivity contribution is 6.30. The number of hydrogen-bond donors (Lipinski definition) is 1. The number of piperidine rings is 1. The van der Waals surface area contributed by atoms with E-state index in [1.54, 1.807) is 12.1 Å². The molecule has 2 aromatic heterocycles. The summed E-state index contributed by atoms with van der Waals surface area (Å²) in [5.74, 6) is 1.65. The third kappa shape index (κ3) is 4.04. The molecule has 0 saturated carbocycles. The van der Waals surface area contributed by atoms with Gasteiger partial charge in [0.25, 0.3) is 5.91 Å². The van der Waals surface area contributed by atoms with Crippen molar-refractivity contribution in [2.75, 3.05) is 18.0 Å². The molecule has 2 N–H and O–H groups in total. The van der Waals surface area contributed by atoms with E-state index in [4.69, 9.17) is 22.1 Å². The molecule has 0 bridgehead atoms. The molecule has 0 aliphatic carbocycles. The topological polar surface area (TPSA) is 94.2 Å². The number of aromatic nitrogens is 3. The molecular formula is C18H22ClN5O2. The molecule has 0 spiro atoms. The highest BCUT2D eigenvalue weighted by Crippen LogP contribution is 2.28. The van der Waals surface area contributed by atoms with E-state index >= 15 is 0 Å². The van der Waals surface area contributed by atoms with Crippen LogP contribution in [-0.2, 0) is 6.42 Å². The summed E-state index contributed by atoms with van der Waals surface area (Å²) in [7, 11) is 0. The van der Waals surface area contributed by atoms with Gasteiger partial charge in [0.15, 0.2) is 0 Å². The molecule has 1 aliphatic rings. The number of carbonyl (C=O) groups is 1. The molecule has 1 aliphatic heterocycles. The summed E-state index contributed by atoms with van der Waals surface area (Å²) in [6, 6.07) is 3.32. The first-order valence-corrected chi connectivity index (χ1v) is 9.06. The van der Waals surface area contributed by atoms with Gasteiger partial charge >= 0.3 is 0 Å². The Labute approximate surface area is 157 Å². The highest BCUT2D eigenvalue weighted by Gasteiger charge is 2.24. The van der Waals surface area contributed by atoms with Gasteiger partial charge in [-0.2, -0.15) is 0 Å². The normalized spacial score (nSPS) is 15.1. The second-order valence-corrected chi connectivity index (χ2v) is 6.62. The Balaban J connectivity index is 1.67. The largest absolute Gasteiger partial charge is 0.490 e. The fraction of sp³-hybridized carbons (Fsp3) is 0.444. The molecule has 7 nitrogen and oxygen atoms in total. The lowest BCUT2D eigenvalue weighted by Gasteiger charge is -2.34. The monoisotopic (exact) mass is 375 g/mol. The second kappa shape index (κ2) is 7.86. The Bertz CT molecular complexity index is 806. The number of carbonyl (C=O) groups excluding carboxylic acids is 1. The van der Waals surface area contributed by atoms with Crippen molar-refractivity contribution in [3.8, 4) is 5.75 Å². The molecule has 1 saturated heterocycles. The number of amides is 1.